The molecular weight excluding hydrogens is 318 g/mol. The second kappa shape index (κ2) is 8.06. The summed E-state index contributed by atoms with van der Waals surface area (Å²) in [6, 6.07) is 5.61. The van der Waals surface area contributed by atoms with E-state index in [4.69, 9.17) is 16.3 Å². The van der Waals surface area contributed by atoms with Gasteiger partial charge in [-0.2, -0.15) is 0 Å². The SMILES string of the molecule is CCOC(=O)N1CCN(C(=O)CNc2ccc(C)c(Cl)c2)CC1. The van der Waals surface area contributed by atoms with Crippen LogP contribution in [0.2, 0.25) is 5.02 Å². The molecule has 2 rings (SSSR count). The first-order chi connectivity index (χ1) is 11.0. The molecule has 1 aliphatic heterocycles. The minimum absolute atomic E-state index is 0.00482. The second-order valence-electron chi connectivity index (χ2n) is 5.38. The highest BCUT2D eigenvalue weighted by atomic mass is 35.5. The molecular formula is C16H22ClN3O3. The molecule has 1 aromatic rings. The Bertz CT molecular complexity index is 572. The normalized spacial score (nSPS) is 14.6. The summed E-state index contributed by atoms with van der Waals surface area (Å²) < 4.78 is 4.96. The van der Waals surface area contributed by atoms with Gasteiger partial charge in [0.1, 0.15) is 0 Å². The molecule has 2 amide bonds. The van der Waals surface area contributed by atoms with Crippen LogP contribution in [0.1, 0.15) is 12.5 Å². The van der Waals surface area contributed by atoms with Crippen molar-refractivity contribution in [3.05, 3.63) is 28.8 Å². The molecule has 1 aromatic carbocycles. The van der Waals surface area contributed by atoms with Crippen LogP contribution in [0.5, 0.6) is 0 Å². The van der Waals surface area contributed by atoms with Crippen LogP contribution in [0, 0.1) is 6.92 Å². The van der Waals surface area contributed by atoms with E-state index in [0.717, 1.165) is 11.3 Å². The number of hydrogen-bond acceptors (Lipinski definition) is 4. The van der Waals surface area contributed by atoms with Gasteiger partial charge in [0.05, 0.1) is 13.2 Å². The predicted octanol–water partition coefficient (Wildman–Crippen LogP) is 2.36. The minimum Gasteiger partial charge on any atom is -0.450 e. The number of nitrogens with zero attached hydrogens (tertiary/aromatic N) is 2. The van der Waals surface area contributed by atoms with Crippen molar-refractivity contribution in [1.29, 1.82) is 0 Å². The van der Waals surface area contributed by atoms with Gasteiger partial charge in [0, 0.05) is 36.9 Å². The molecule has 1 heterocycles. The van der Waals surface area contributed by atoms with Gasteiger partial charge in [-0.1, -0.05) is 17.7 Å². The summed E-state index contributed by atoms with van der Waals surface area (Å²) in [5.41, 5.74) is 1.82. The van der Waals surface area contributed by atoms with Gasteiger partial charge in [0.2, 0.25) is 5.91 Å². The molecule has 0 aliphatic carbocycles. The molecule has 1 saturated heterocycles. The van der Waals surface area contributed by atoms with Crippen molar-refractivity contribution in [2.24, 2.45) is 0 Å². The molecule has 23 heavy (non-hydrogen) atoms. The largest absolute Gasteiger partial charge is 0.450 e. The lowest BCUT2D eigenvalue weighted by Gasteiger charge is -2.34. The number of piperazine rings is 1. The summed E-state index contributed by atoms with van der Waals surface area (Å²) in [4.78, 5) is 27.2. The average Bonchev–Trinajstić information content (AvgIpc) is 2.56. The highest BCUT2D eigenvalue weighted by Crippen LogP contribution is 2.19. The molecule has 0 saturated carbocycles. The van der Waals surface area contributed by atoms with Crippen molar-refractivity contribution in [2.45, 2.75) is 13.8 Å². The van der Waals surface area contributed by atoms with Gasteiger partial charge in [-0.05, 0) is 31.5 Å². The molecule has 1 fully saturated rings. The zero-order valence-corrected chi connectivity index (χ0v) is 14.2. The summed E-state index contributed by atoms with van der Waals surface area (Å²) in [5, 5.41) is 3.75. The van der Waals surface area contributed by atoms with Crippen molar-refractivity contribution < 1.29 is 14.3 Å². The molecule has 7 heteroatoms. The van der Waals surface area contributed by atoms with E-state index in [-0.39, 0.29) is 18.5 Å². The molecule has 126 valence electrons. The number of carbonyl (C=O) groups excluding carboxylic acids is 2. The quantitative estimate of drug-likeness (QED) is 0.914. The van der Waals surface area contributed by atoms with Gasteiger partial charge < -0.3 is 19.9 Å². The van der Waals surface area contributed by atoms with Crippen LogP contribution in [0.3, 0.4) is 0 Å². The third-order valence-electron chi connectivity index (χ3n) is 3.77. The van der Waals surface area contributed by atoms with E-state index in [1.807, 2.05) is 25.1 Å². The van der Waals surface area contributed by atoms with Crippen LogP contribution in [0.25, 0.3) is 0 Å². The Hall–Kier alpha value is -1.95. The molecule has 0 bridgehead atoms. The molecule has 6 nitrogen and oxygen atoms in total. The summed E-state index contributed by atoms with van der Waals surface area (Å²) >= 11 is 6.06. The molecule has 0 unspecified atom stereocenters. The van der Waals surface area contributed by atoms with Crippen molar-refractivity contribution in [3.63, 3.8) is 0 Å². The van der Waals surface area contributed by atoms with E-state index >= 15 is 0 Å². The number of carbonyl (C=O) groups is 2. The number of halogens is 1. The standard InChI is InChI=1S/C16H22ClN3O3/c1-3-23-16(22)20-8-6-19(7-9-20)15(21)11-18-13-5-4-12(2)14(17)10-13/h4-5,10,18H,3,6-9,11H2,1-2H3. The summed E-state index contributed by atoms with van der Waals surface area (Å²) in [6.45, 7) is 6.32. The van der Waals surface area contributed by atoms with E-state index in [9.17, 15) is 9.59 Å². The van der Waals surface area contributed by atoms with Gasteiger partial charge in [-0.25, -0.2) is 4.79 Å². The number of aryl methyl sites for hydroxylation is 1. The smallest absolute Gasteiger partial charge is 0.409 e. The van der Waals surface area contributed by atoms with Crippen molar-refractivity contribution in [1.82, 2.24) is 9.80 Å². The van der Waals surface area contributed by atoms with Crippen molar-refractivity contribution >= 4 is 29.3 Å². The molecule has 0 aromatic heterocycles. The van der Waals surface area contributed by atoms with Crippen LogP contribution in [0.15, 0.2) is 18.2 Å². The fraction of sp³-hybridized carbons (Fsp3) is 0.500. The van der Waals surface area contributed by atoms with Crippen molar-refractivity contribution in [3.8, 4) is 0 Å². The lowest BCUT2D eigenvalue weighted by atomic mass is 10.2. The number of hydrogen-bond donors (Lipinski definition) is 1. The fourth-order valence-corrected chi connectivity index (χ4v) is 2.53. The number of rotatable bonds is 4. The lowest BCUT2D eigenvalue weighted by Crippen LogP contribution is -2.51. The van der Waals surface area contributed by atoms with Crippen LogP contribution in [-0.2, 0) is 9.53 Å². The highest BCUT2D eigenvalue weighted by molar-refractivity contribution is 6.31. The third kappa shape index (κ3) is 4.76. The van der Waals surface area contributed by atoms with E-state index in [1.54, 1.807) is 16.7 Å². The number of nitrogens with one attached hydrogen (secondary N) is 1. The predicted molar refractivity (Wildman–Crippen MR) is 89.9 cm³/mol. The van der Waals surface area contributed by atoms with Crippen molar-refractivity contribution in [2.75, 3.05) is 44.6 Å². The molecule has 0 radical (unpaired) electrons. The first-order valence-corrected chi connectivity index (χ1v) is 8.08. The monoisotopic (exact) mass is 339 g/mol. The first kappa shape index (κ1) is 17.4. The van der Waals surface area contributed by atoms with E-state index < -0.39 is 0 Å². The zero-order chi connectivity index (χ0) is 16.8. The Morgan fingerprint density at radius 3 is 2.48 bits per heavy atom. The van der Waals surface area contributed by atoms with Gasteiger partial charge in [-0.15, -0.1) is 0 Å². The molecule has 0 atom stereocenters. The Kier molecular flexibility index (Phi) is 6.10. The number of ether oxygens (including phenoxy) is 1. The lowest BCUT2D eigenvalue weighted by molar-refractivity contribution is -0.130. The van der Waals surface area contributed by atoms with Crippen LogP contribution in [-0.4, -0.2) is 61.1 Å². The van der Waals surface area contributed by atoms with Crippen LogP contribution >= 0.6 is 11.6 Å². The summed E-state index contributed by atoms with van der Waals surface area (Å²) in [5.74, 6) is 0.00482. The third-order valence-corrected chi connectivity index (χ3v) is 4.18. The fourth-order valence-electron chi connectivity index (χ4n) is 2.35. The Morgan fingerprint density at radius 2 is 1.87 bits per heavy atom. The van der Waals surface area contributed by atoms with Crippen LogP contribution in [0.4, 0.5) is 10.5 Å². The second-order valence-corrected chi connectivity index (χ2v) is 5.79. The minimum atomic E-state index is -0.313. The van der Waals surface area contributed by atoms with Gasteiger partial charge in [0.15, 0.2) is 0 Å². The Balaban J connectivity index is 1.79. The highest BCUT2D eigenvalue weighted by Gasteiger charge is 2.24. The Labute approximate surface area is 141 Å². The topological polar surface area (TPSA) is 61.9 Å². The summed E-state index contributed by atoms with van der Waals surface area (Å²) in [7, 11) is 0. The number of anilines is 1. The van der Waals surface area contributed by atoms with Gasteiger partial charge in [0.25, 0.3) is 0 Å². The number of amides is 2. The Morgan fingerprint density at radius 1 is 1.22 bits per heavy atom. The first-order valence-electron chi connectivity index (χ1n) is 7.70. The van der Waals surface area contributed by atoms with E-state index in [2.05, 4.69) is 5.32 Å². The van der Waals surface area contributed by atoms with E-state index in [0.29, 0.717) is 37.8 Å². The maximum absolute atomic E-state index is 12.2. The zero-order valence-electron chi connectivity index (χ0n) is 13.5. The van der Waals surface area contributed by atoms with Crippen LogP contribution < -0.4 is 5.32 Å². The molecule has 1 aliphatic rings. The number of benzene rings is 1. The molecule has 1 N–H and O–H groups in total. The maximum atomic E-state index is 12.2. The van der Waals surface area contributed by atoms with E-state index in [1.165, 1.54) is 0 Å². The summed E-state index contributed by atoms with van der Waals surface area (Å²) in [6.07, 6.45) is -0.313. The molecule has 0 spiro atoms. The maximum Gasteiger partial charge on any atom is 0.409 e. The van der Waals surface area contributed by atoms with Gasteiger partial charge >= 0.3 is 6.09 Å². The average molecular weight is 340 g/mol. The van der Waals surface area contributed by atoms with Gasteiger partial charge in [-0.3, -0.25) is 4.79 Å².